The molecule has 1 unspecified atom stereocenters. The lowest BCUT2D eigenvalue weighted by Crippen LogP contribution is -2.05. The molecule has 94 valence electrons. The molecule has 2 aromatic rings. The van der Waals surface area contributed by atoms with Crippen LogP contribution < -0.4 is 5.73 Å². The first kappa shape index (κ1) is 12.7. The molecule has 2 rings (SSSR count). The molecule has 2 aromatic carbocycles. The first-order valence-electron chi connectivity index (χ1n) is 6.27. The Bertz CT molecular complexity index is 481. The molecule has 0 fully saturated rings. The molecular formula is C16H19NO. The van der Waals surface area contributed by atoms with Crippen molar-refractivity contribution in [3.63, 3.8) is 0 Å². The van der Waals surface area contributed by atoms with Crippen molar-refractivity contribution in [2.24, 2.45) is 0 Å². The summed E-state index contributed by atoms with van der Waals surface area (Å²) >= 11 is 0. The van der Waals surface area contributed by atoms with Gasteiger partial charge in [-0.3, -0.25) is 0 Å². The first-order chi connectivity index (χ1) is 8.77. The van der Waals surface area contributed by atoms with Crippen LogP contribution in [0.25, 0.3) is 0 Å². The van der Waals surface area contributed by atoms with Crippen LogP contribution >= 0.6 is 0 Å². The normalized spacial score (nSPS) is 12.3. The number of nitrogens with two attached hydrogens (primary N) is 1. The van der Waals surface area contributed by atoms with Crippen LogP contribution in [0.5, 0.6) is 0 Å². The summed E-state index contributed by atoms with van der Waals surface area (Å²) < 4.78 is 5.83. The molecule has 0 saturated carbocycles. The Kier molecular flexibility index (Phi) is 4.37. The molecule has 0 aliphatic carbocycles. The number of hydrogen-bond acceptors (Lipinski definition) is 2. The molecule has 1 atom stereocenters. The summed E-state index contributed by atoms with van der Waals surface area (Å²) in [4.78, 5) is 0. The van der Waals surface area contributed by atoms with E-state index >= 15 is 0 Å². The smallest absolute Gasteiger partial charge is 0.0796 e. The van der Waals surface area contributed by atoms with Crippen molar-refractivity contribution in [1.82, 2.24) is 0 Å². The van der Waals surface area contributed by atoms with Crippen LogP contribution in [0.4, 0.5) is 5.69 Å². The van der Waals surface area contributed by atoms with Gasteiger partial charge in [-0.2, -0.15) is 0 Å². The maximum absolute atomic E-state index is 5.89. The molecule has 0 aliphatic heterocycles. The van der Waals surface area contributed by atoms with Gasteiger partial charge in [-0.05, 0) is 30.5 Å². The Labute approximate surface area is 108 Å². The monoisotopic (exact) mass is 241 g/mol. The van der Waals surface area contributed by atoms with Crippen molar-refractivity contribution < 1.29 is 4.74 Å². The third-order valence-electron chi connectivity index (χ3n) is 3.06. The molecule has 2 N–H and O–H groups in total. The molecular weight excluding hydrogens is 222 g/mol. The number of ether oxygens (including phenoxy) is 1. The van der Waals surface area contributed by atoms with Gasteiger partial charge in [0.1, 0.15) is 0 Å². The fourth-order valence-corrected chi connectivity index (χ4v) is 1.93. The van der Waals surface area contributed by atoms with Crippen molar-refractivity contribution in [3.05, 3.63) is 65.7 Å². The van der Waals surface area contributed by atoms with Crippen LogP contribution in [0, 0.1) is 0 Å². The zero-order valence-electron chi connectivity index (χ0n) is 10.7. The lowest BCUT2D eigenvalue weighted by molar-refractivity contribution is 0.0682. The van der Waals surface area contributed by atoms with Gasteiger partial charge in [-0.1, -0.05) is 48.5 Å². The second-order valence-electron chi connectivity index (χ2n) is 4.37. The van der Waals surface area contributed by atoms with E-state index in [-0.39, 0.29) is 6.10 Å². The average molecular weight is 241 g/mol. The largest absolute Gasteiger partial charge is 0.399 e. The number of hydrogen-bond donors (Lipinski definition) is 1. The summed E-state index contributed by atoms with van der Waals surface area (Å²) in [6, 6.07) is 18.2. The van der Waals surface area contributed by atoms with Gasteiger partial charge in [-0.15, -0.1) is 0 Å². The van der Waals surface area contributed by atoms with E-state index in [9.17, 15) is 0 Å². The van der Waals surface area contributed by atoms with E-state index in [1.807, 2.05) is 42.5 Å². The van der Waals surface area contributed by atoms with E-state index in [2.05, 4.69) is 19.1 Å². The maximum Gasteiger partial charge on any atom is 0.0796 e. The van der Waals surface area contributed by atoms with E-state index in [1.165, 1.54) is 5.56 Å². The van der Waals surface area contributed by atoms with E-state index in [4.69, 9.17) is 10.5 Å². The van der Waals surface area contributed by atoms with E-state index in [0.29, 0.717) is 6.61 Å². The van der Waals surface area contributed by atoms with E-state index in [1.54, 1.807) is 0 Å². The van der Waals surface area contributed by atoms with Gasteiger partial charge in [0, 0.05) is 5.69 Å². The molecule has 0 aliphatic rings. The Hall–Kier alpha value is -1.80. The van der Waals surface area contributed by atoms with Crippen LogP contribution in [0.1, 0.15) is 24.2 Å². The Balaban J connectivity index is 1.84. The molecule has 0 aromatic heterocycles. The Morgan fingerprint density at radius 1 is 1.00 bits per heavy atom. The third kappa shape index (κ3) is 3.34. The molecule has 0 heterocycles. The summed E-state index contributed by atoms with van der Waals surface area (Å²) in [5.41, 5.74) is 9.09. The lowest BCUT2D eigenvalue weighted by Gasteiger charge is -2.13. The van der Waals surface area contributed by atoms with Gasteiger partial charge < -0.3 is 10.5 Å². The number of rotatable bonds is 5. The van der Waals surface area contributed by atoms with Crippen molar-refractivity contribution in [2.45, 2.75) is 19.4 Å². The second kappa shape index (κ2) is 6.22. The molecule has 2 nitrogen and oxygen atoms in total. The molecule has 18 heavy (non-hydrogen) atoms. The molecule has 0 bridgehead atoms. The first-order valence-corrected chi connectivity index (χ1v) is 6.27. The Morgan fingerprint density at radius 2 is 1.67 bits per heavy atom. The summed E-state index contributed by atoms with van der Waals surface area (Å²) in [5, 5.41) is 0. The number of benzene rings is 2. The predicted octanol–water partition coefficient (Wildman–Crippen LogP) is 3.59. The Morgan fingerprint density at radius 3 is 2.39 bits per heavy atom. The zero-order chi connectivity index (χ0) is 12.8. The molecule has 0 spiro atoms. The maximum atomic E-state index is 5.89. The summed E-state index contributed by atoms with van der Waals surface area (Å²) in [7, 11) is 0. The third-order valence-corrected chi connectivity index (χ3v) is 3.06. The molecule has 0 radical (unpaired) electrons. The van der Waals surface area contributed by atoms with Gasteiger partial charge in [-0.25, -0.2) is 0 Å². The number of para-hydroxylation sites is 1. The van der Waals surface area contributed by atoms with Crippen LogP contribution in [-0.2, 0) is 11.2 Å². The van der Waals surface area contributed by atoms with Crippen LogP contribution in [-0.4, -0.2) is 6.61 Å². The lowest BCUT2D eigenvalue weighted by atomic mass is 10.1. The quantitative estimate of drug-likeness (QED) is 0.812. The van der Waals surface area contributed by atoms with Gasteiger partial charge in [0.2, 0.25) is 0 Å². The topological polar surface area (TPSA) is 35.2 Å². The van der Waals surface area contributed by atoms with E-state index in [0.717, 1.165) is 17.7 Å². The van der Waals surface area contributed by atoms with Gasteiger partial charge >= 0.3 is 0 Å². The van der Waals surface area contributed by atoms with Gasteiger partial charge in [0.25, 0.3) is 0 Å². The number of nitrogen functional groups attached to an aromatic ring is 1. The SMILES string of the molecule is CC(OCCc1ccccc1N)c1ccccc1. The molecule has 2 heteroatoms. The van der Waals surface area contributed by atoms with Crippen molar-refractivity contribution in [1.29, 1.82) is 0 Å². The van der Waals surface area contributed by atoms with Crippen LogP contribution in [0.3, 0.4) is 0 Å². The fourth-order valence-electron chi connectivity index (χ4n) is 1.93. The van der Waals surface area contributed by atoms with Crippen molar-refractivity contribution >= 4 is 5.69 Å². The van der Waals surface area contributed by atoms with E-state index < -0.39 is 0 Å². The van der Waals surface area contributed by atoms with Gasteiger partial charge in [0.15, 0.2) is 0 Å². The van der Waals surface area contributed by atoms with Crippen molar-refractivity contribution in [2.75, 3.05) is 12.3 Å². The highest BCUT2D eigenvalue weighted by Crippen LogP contribution is 2.17. The van der Waals surface area contributed by atoms with Crippen molar-refractivity contribution in [3.8, 4) is 0 Å². The highest BCUT2D eigenvalue weighted by Gasteiger charge is 2.05. The summed E-state index contributed by atoms with van der Waals surface area (Å²) in [6.45, 7) is 2.76. The molecule has 0 amide bonds. The summed E-state index contributed by atoms with van der Waals surface area (Å²) in [5.74, 6) is 0. The average Bonchev–Trinajstić information content (AvgIpc) is 2.42. The fraction of sp³-hybridized carbons (Fsp3) is 0.250. The summed E-state index contributed by atoms with van der Waals surface area (Å²) in [6.07, 6.45) is 0.972. The highest BCUT2D eigenvalue weighted by atomic mass is 16.5. The van der Waals surface area contributed by atoms with Crippen LogP contribution in [0.2, 0.25) is 0 Å². The second-order valence-corrected chi connectivity index (χ2v) is 4.37. The zero-order valence-corrected chi connectivity index (χ0v) is 10.7. The minimum Gasteiger partial charge on any atom is -0.399 e. The highest BCUT2D eigenvalue weighted by molar-refractivity contribution is 5.46. The minimum atomic E-state index is 0.121. The van der Waals surface area contributed by atoms with Crippen LogP contribution in [0.15, 0.2) is 54.6 Å². The predicted molar refractivity (Wildman–Crippen MR) is 75.4 cm³/mol. The minimum absolute atomic E-state index is 0.121. The number of anilines is 1. The standard InChI is InChI=1S/C16H19NO/c1-13(14-7-3-2-4-8-14)18-12-11-15-9-5-6-10-16(15)17/h2-10,13H,11-12,17H2,1H3. The molecule has 0 saturated heterocycles. The van der Waals surface area contributed by atoms with Gasteiger partial charge in [0.05, 0.1) is 12.7 Å².